The van der Waals surface area contributed by atoms with Crippen molar-refractivity contribution in [2.75, 3.05) is 5.75 Å². The standard InChI is InChI=1S/C17H16N2O4S2/c1-11-4-6-12(7-5-11)24-10-2-3-14(24)16-15(25(20,21)22)9-8-13-17(16)18-19-23-13/h4-9,14H,2-3,10H2,1H3/p+1. The van der Waals surface area contributed by atoms with E-state index in [1.165, 1.54) is 22.6 Å². The molecule has 1 aliphatic heterocycles. The third-order valence-corrected chi connectivity index (χ3v) is 8.19. The summed E-state index contributed by atoms with van der Waals surface area (Å²) in [5, 5.41) is 7.53. The highest BCUT2D eigenvalue weighted by Gasteiger charge is 2.43. The topological polar surface area (TPSA) is 93.3 Å². The molecule has 1 N–H and O–H groups in total. The Balaban J connectivity index is 1.90. The second-order valence-corrected chi connectivity index (χ2v) is 9.85. The van der Waals surface area contributed by atoms with Crippen molar-refractivity contribution in [3.05, 3.63) is 47.5 Å². The summed E-state index contributed by atoms with van der Waals surface area (Å²) in [6.07, 6.45) is 1.83. The van der Waals surface area contributed by atoms with Crippen LogP contribution in [0.5, 0.6) is 0 Å². The summed E-state index contributed by atoms with van der Waals surface area (Å²) in [7, 11) is -4.52. The van der Waals surface area contributed by atoms with Crippen LogP contribution in [0.15, 0.2) is 50.7 Å². The van der Waals surface area contributed by atoms with E-state index in [0.29, 0.717) is 16.7 Å². The molecule has 4 rings (SSSR count). The van der Waals surface area contributed by atoms with Crippen molar-refractivity contribution in [2.24, 2.45) is 0 Å². The number of rotatable bonds is 3. The lowest BCUT2D eigenvalue weighted by molar-refractivity contribution is 0.424. The Morgan fingerprint density at radius 3 is 2.68 bits per heavy atom. The SMILES string of the molecule is Cc1ccc([S+]2CCCC2c2c(S(=O)(=O)O)ccc3onnc23)cc1. The first kappa shape index (κ1) is 16.6. The molecule has 2 atom stereocenters. The molecule has 8 heteroatoms. The number of benzene rings is 2. The van der Waals surface area contributed by atoms with Crippen molar-refractivity contribution in [1.82, 2.24) is 10.4 Å². The highest BCUT2D eigenvalue weighted by atomic mass is 32.2. The first-order valence-corrected chi connectivity index (χ1v) is 10.8. The monoisotopic (exact) mass is 377 g/mol. The van der Waals surface area contributed by atoms with Crippen molar-refractivity contribution in [1.29, 1.82) is 0 Å². The van der Waals surface area contributed by atoms with Crippen LogP contribution in [0.25, 0.3) is 11.1 Å². The summed E-state index contributed by atoms with van der Waals surface area (Å²) in [5.41, 5.74) is 2.57. The molecule has 1 aliphatic rings. The zero-order valence-electron chi connectivity index (χ0n) is 13.5. The lowest BCUT2D eigenvalue weighted by Crippen LogP contribution is -2.14. The fraction of sp³-hybridized carbons (Fsp3) is 0.294. The average Bonchev–Trinajstić information content (AvgIpc) is 3.22. The van der Waals surface area contributed by atoms with Gasteiger partial charge < -0.3 is 4.52 Å². The quantitative estimate of drug-likeness (QED) is 0.556. The second kappa shape index (κ2) is 6.12. The largest absolute Gasteiger partial charge is 0.337 e. The zero-order valence-corrected chi connectivity index (χ0v) is 15.2. The summed E-state index contributed by atoms with van der Waals surface area (Å²) < 4.78 is 38.7. The van der Waals surface area contributed by atoms with E-state index in [9.17, 15) is 13.0 Å². The molecule has 0 aliphatic carbocycles. The summed E-state index contributed by atoms with van der Waals surface area (Å²) in [6.45, 7) is 2.04. The first-order valence-electron chi connectivity index (χ1n) is 7.94. The van der Waals surface area contributed by atoms with Crippen LogP contribution >= 0.6 is 0 Å². The number of aryl methyl sites for hydroxylation is 1. The Labute approximate surface area is 148 Å². The molecule has 1 fully saturated rings. The molecule has 0 bridgehead atoms. The van der Waals surface area contributed by atoms with Gasteiger partial charge in [-0.15, -0.1) is 5.10 Å². The van der Waals surface area contributed by atoms with E-state index in [1.54, 1.807) is 0 Å². The molecule has 0 saturated carbocycles. The number of hydrogen-bond acceptors (Lipinski definition) is 5. The highest BCUT2D eigenvalue weighted by Crippen LogP contribution is 2.45. The van der Waals surface area contributed by atoms with Crippen molar-refractivity contribution in [3.63, 3.8) is 0 Å². The third-order valence-electron chi connectivity index (χ3n) is 4.52. The van der Waals surface area contributed by atoms with E-state index < -0.39 is 10.1 Å². The number of fused-ring (bicyclic) bond motifs is 1. The second-order valence-electron chi connectivity index (χ2n) is 6.15. The summed E-state index contributed by atoms with van der Waals surface area (Å²) >= 11 is 0. The van der Waals surface area contributed by atoms with Gasteiger partial charge in [0.2, 0.25) is 0 Å². The van der Waals surface area contributed by atoms with Crippen LogP contribution in [0.3, 0.4) is 0 Å². The summed E-state index contributed by atoms with van der Waals surface area (Å²) in [4.78, 5) is 1.11. The molecule has 2 heterocycles. The maximum absolute atomic E-state index is 11.9. The normalized spacial score (nSPS) is 21.0. The summed E-state index contributed by atoms with van der Waals surface area (Å²) in [6, 6.07) is 11.2. The molecule has 3 aromatic rings. The van der Waals surface area contributed by atoms with Gasteiger partial charge in [0.1, 0.15) is 16.2 Å². The van der Waals surface area contributed by atoms with E-state index in [-0.39, 0.29) is 21.0 Å². The van der Waals surface area contributed by atoms with Crippen molar-refractivity contribution in [2.45, 2.75) is 34.8 Å². The molecular formula is C17H17N2O4S2+. The fourth-order valence-corrected chi connectivity index (χ4v) is 7.00. The van der Waals surface area contributed by atoms with Crippen LogP contribution in [0.2, 0.25) is 0 Å². The van der Waals surface area contributed by atoms with Crippen LogP contribution < -0.4 is 0 Å². The lowest BCUT2D eigenvalue weighted by Gasteiger charge is -2.14. The van der Waals surface area contributed by atoms with Gasteiger partial charge >= 0.3 is 0 Å². The molecule has 1 saturated heterocycles. The van der Waals surface area contributed by atoms with E-state index in [2.05, 4.69) is 34.6 Å². The Kier molecular flexibility index (Phi) is 4.05. The van der Waals surface area contributed by atoms with Gasteiger partial charge in [0, 0.05) is 22.6 Å². The van der Waals surface area contributed by atoms with Crippen molar-refractivity contribution in [3.8, 4) is 0 Å². The van der Waals surface area contributed by atoms with E-state index in [0.717, 1.165) is 18.6 Å². The predicted molar refractivity (Wildman–Crippen MR) is 95.3 cm³/mol. The van der Waals surface area contributed by atoms with Crippen LogP contribution in [0.4, 0.5) is 0 Å². The average molecular weight is 377 g/mol. The van der Waals surface area contributed by atoms with Gasteiger partial charge in [-0.1, -0.05) is 17.7 Å². The highest BCUT2D eigenvalue weighted by molar-refractivity contribution is 7.97. The van der Waals surface area contributed by atoms with E-state index >= 15 is 0 Å². The molecule has 0 amide bonds. The first-order chi connectivity index (χ1) is 11.9. The maximum Gasteiger partial charge on any atom is 0.295 e. The zero-order chi connectivity index (χ0) is 17.6. The molecule has 130 valence electrons. The van der Waals surface area contributed by atoms with Gasteiger partial charge in [-0.25, -0.2) is 0 Å². The van der Waals surface area contributed by atoms with Crippen molar-refractivity contribution >= 4 is 32.1 Å². The van der Waals surface area contributed by atoms with Crippen LogP contribution in [-0.2, 0) is 21.0 Å². The molecule has 25 heavy (non-hydrogen) atoms. The number of nitrogens with zero attached hydrogens (tertiary/aromatic N) is 2. The molecule has 2 unspecified atom stereocenters. The summed E-state index contributed by atoms with van der Waals surface area (Å²) in [5.74, 6) is 0.986. The maximum atomic E-state index is 11.9. The lowest BCUT2D eigenvalue weighted by atomic mass is 10.1. The van der Waals surface area contributed by atoms with Crippen LogP contribution in [0, 0.1) is 6.92 Å². The molecule has 0 spiro atoms. The Bertz CT molecular complexity index is 1030. The van der Waals surface area contributed by atoms with Gasteiger partial charge in [-0.3, -0.25) is 4.55 Å². The molecule has 1 aromatic heterocycles. The molecule has 6 nitrogen and oxygen atoms in total. The molecule has 0 radical (unpaired) electrons. The molecular weight excluding hydrogens is 360 g/mol. The number of aromatic nitrogens is 2. The Hall–Kier alpha value is -1.90. The van der Waals surface area contributed by atoms with Gasteiger partial charge in [0.05, 0.1) is 5.56 Å². The third kappa shape index (κ3) is 2.94. The van der Waals surface area contributed by atoms with Crippen LogP contribution in [0.1, 0.15) is 29.2 Å². The Morgan fingerprint density at radius 1 is 1.20 bits per heavy atom. The predicted octanol–water partition coefficient (Wildman–Crippen LogP) is 3.29. The van der Waals surface area contributed by atoms with Gasteiger partial charge in [0.25, 0.3) is 10.1 Å². The minimum Gasteiger partial charge on any atom is -0.337 e. The molecule has 2 aromatic carbocycles. The number of hydrogen-bond donors (Lipinski definition) is 1. The van der Waals surface area contributed by atoms with Gasteiger partial charge in [-0.2, -0.15) is 8.42 Å². The van der Waals surface area contributed by atoms with Gasteiger partial charge in [-0.05, 0) is 37.6 Å². The van der Waals surface area contributed by atoms with Crippen LogP contribution in [-0.4, -0.2) is 29.1 Å². The minimum absolute atomic E-state index is 0.0322. The van der Waals surface area contributed by atoms with Gasteiger partial charge in [0.15, 0.2) is 15.7 Å². The fourth-order valence-electron chi connectivity index (χ4n) is 3.38. The minimum atomic E-state index is -4.36. The Morgan fingerprint density at radius 2 is 1.96 bits per heavy atom. The smallest absolute Gasteiger partial charge is 0.295 e. The van der Waals surface area contributed by atoms with E-state index in [1.807, 2.05) is 6.92 Å². The van der Waals surface area contributed by atoms with Crippen molar-refractivity contribution < 1.29 is 17.5 Å². The van der Waals surface area contributed by atoms with E-state index in [4.69, 9.17) is 4.52 Å².